The molecule has 1 aliphatic rings. The lowest BCUT2D eigenvalue weighted by atomic mass is 10.1. The van der Waals surface area contributed by atoms with Crippen molar-refractivity contribution in [1.29, 1.82) is 0 Å². The van der Waals surface area contributed by atoms with E-state index in [-0.39, 0.29) is 6.10 Å². The van der Waals surface area contributed by atoms with Gasteiger partial charge in [-0.25, -0.2) is 0 Å². The van der Waals surface area contributed by atoms with Crippen LogP contribution in [-0.2, 0) is 4.74 Å². The predicted molar refractivity (Wildman–Crippen MR) is 51.3 cm³/mol. The van der Waals surface area contributed by atoms with Gasteiger partial charge in [0.25, 0.3) is 0 Å². The van der Waals surface area contributed by atoms with Crippen molar-refractivity contribution in [2.75, 3.05) is 13.2 Å². The summed E-state index contributed by atoms with van der Waals surface area (Å²) in [6.07, 6.45) is 5.93. The number of rotatable bonds is 4. The van der Waals surface area contributed by atoms with Gasteiger partial charge in [-0.3, -0.25) is 0 Å². The molecule has 2 nitrogen and oxygen atoms in total. The van der Waals surface area contributed by atoms with Crippen LogP contribution in [0.4, 0.5) is 0 Å². The Labute approximate surface area is 75.0 Å². The van der Waals surface area contributed by atoms with E-state index in [1.807, 2.05) is 13.0 Å². The summed E-state index contributed by atoms with van der Waals surface area (Å²) in [6.45, 7) is 7.68. The Balaban J connectivity index is 2.08. The van der Waals surface area contributed by atoms with Crippen LogP contribution in [0.1, 0.15) is 26.2 Å². The molecule has 0 amide bonds. The molecule has 0 bridgehead atoms. The van der Waals surface area contributed by atoms with Crippen molar-refractivity contribution in [1.82, 2.24) is 5.32 Å². The van der Waals surface area contributed by atoms with Gasteiger partial charge in [-0.1, -0.05) is 12.5 Å². The smallest absolute Gasteiger partial charge is 0.0725 e. The lowest BCUT2D eigenvalue weighted by Crippen LogP contribution is -2.38. The molecule has 1 saturated heterocycles. The summed E-state index contributed by atoms with van der Waals surface area (Å²) in [5.74, 6) is 0. The van der Waals surface area contributed by atoms with Crippen molar-refractivity contribution < 1.29 is 4.74 Å². The highest BCUT2D eigenvalue weighted by Gasteiger charge is 2.12. The van der Waals surface area contributed by atoms with Gasteiger partial charge in [0.1, 0.15) is 0 Å². The summed E-state index contributed by atoms with van der Waals surface area (Å²) in [5, 5.41) is 3.44. The van der Waals surface area contributed by atoms with Crippen molar-refractivity contribution in [2.24, 2.45) is 0 Å². The van der Waals surface area contributed by atoms with Crippen molar-refractivity contribution >= 4 is 0 Å². The highest BCUT2D eigenvalue weighted by atomic mass is 16.5. The number of nitrogens with one attached hydrogen (secondary N) is 1. The molecule has 0 spiro atoms. The molecular formula is C10H19NO. The Kier molecular flexibility index (Phi) is 4.33. The summed E-state index contributed by atoms with van der Waals surface area (Å²) in [6, 6.07) is 0.571. The normalized spacial score (nSPS) is 26.6. The molecule has 70 valence electrons. The topological polar surface area (TPSA) is 21.3 Å². The van der Waals surface area contributed by atoms with Crippen LogP contribution in [0.25, 0.3) is 0 Å². The van der Waals surface area contributed by atoms with Gasteiger partial charge in [0, 0.05) is 6.04 Å². The van der Waals surface area contributed by atoms with E-state index < -0.39 is 0 Å². The summed E-state index contributed by atoms with van der Waals surface area (Å²) >= 11 is 0. The molecule has 0 aromatic rings. The van der Waals surface area contributed by atoms with Gasteiger partial charge in [-0.2, -0.15) is 0 Å². The first-order valence-corrected chi connectivity index (χ1v) is 4.80. The lowest BCUT2D eigenvalue weighted by molar-refractivity contribution is 0.0720. The summed E-state index contributed by atoms with van der Waals surface area (Å²) in [5.41, 5.74) is 0. The molecule has 1 rings (SSSR count). The third-order valence-corrected chi connectivity index (χ3v) is 2.30. The molecule has 0 saturated carbocycles. The minimum atomic E-state index is 0.189. The fourth-order valence-electron chi connectivity index (χ4n) is 1.40. The van der Waals surface area contributed by atoms with Crippen LogP contribution in [0, 0.1) is 0 Å². The second-order valence-corrected chi connectivity index (χ2v) is 3.42. The first-order chi connectivity index (χ1) is 5.83. The molecule has 0 radical (unpaired) electrons. The fourth-order valence-corrected chi connectivity index (χ4v) is 1.40. The molecular weight excluding hydrogens is 150 g/mol. The minimum absolute atomic E-state index is 0.189. The standard InChI is InChI=1S/C10H19NO/c1-3-9(2)12-8-10-6-4-5-7-11-10/h3,9-11H,1,4-8H2,2H3. The van der Waals surface area contributed by atoms with Crippen molar-refractivity contribution in [3.05, 3.63) is 12.7 Å². The van der Waals surface area contributed by atoms with Crippen molar-refractivity contribution in [2.45, 2.75) is 38.3 Å². The minimum Gasteiger partial charge on any atom is -0.373 e. The lowest BCUT2D eigenvalue weighted by Gasteiger charge is -2.24. The third kappa shape index (κ3) is 3.37. The highest BCUT2D eigenvalue weighted by molar-refractivity contribution is 4.77. The van der Waals surface area contributed by atoms with Crippen LogP contribution in [-0.4, -0.2) is 25.3 Å². The quantitative estimate of drug-likeness (QED) is 0.647. The fraction of sp³-hybridized carbons (Fsp3) is 0.800. The van der Waals surface area contributed by atoms with E-state index in [0.29, 0.717) is 6.04 Å². The number of piperidine rings is 1. The largest absolute Gasteiger partial charge is 0.373 e. The molecule has 2 unspecified atom stereocenters. The van der Waals surface area contributed by atoms with Crippen LogP contribution in [0.15, 0.2) is 12.7 Å². The van der Waals surface area contributed by atoms with Gasteiger partial charge in [0.05, 0.1) is 12.7 Å². The van der Waals surface area contributed by atoms with Crippen LogP contribution in [0.5, 0.6) is 0 Å². The first-order valence-electron chi connectivity index (χ1n) is 4.80. The molecule has 0 aromatic heterocycles. The van der Waals surface area contributed by atoms with Crippen molar-refractivity contribution in [3.8, 4) is 0 Å². The SMILES string of the molecule is C=CC(C)OCC1CCCCN1. The predicted octanol–water partition coefficient (Wildman–Crippen LogP) is 1.72. The Morgan fingerprint density at radius 2 is 2.50 bits per heavy atom. The third-order valence-electron chi connectivity index (χ3n) is 2.30. The number of hydrogen-bond acceptors (Lipinski definition) is 2. The molecule has 1 N–H and O–H groups in total. The first kappa shape index (κ1) is 9.75. The Morgan fingerprint density at radius 1 is 1.67 bits per heavy atom. The van der Waals surface area contributed by atoms with Gasteiger partial charge in [0.15, 0.2) is 0 Å². The number of ether oxygens (including phenoxy) is 1. The van der Waals surface area contributed by atoms with Gasteiger partial charge in [-0.15, -0.1) is 6.58 Å². The molecule has 0 aliphatic carbocycles. The van der Waals surface area contributed by atoms with Gasteiger partial charge < -0.3 is 10.1 Å². The average molecular weight is 169 g/mol. The maximum atomic E-state index is 5.55. The molecule has 1 aliphatic heterocycles. The zero-order chi connectivity index (χ0) is 8.81. The summed E-state index contributed by atoms with van der Waals surface area (Å²) in [7, 11) is 0. The molecule has 12 heavy (non-hydrogen) atoms. The molecule has 2 atom stereocenters. The maximum absolute atomic E-state index is 5.55. The second kappa shape index (κ2) is 5.33. The maximum Gasteiger partial charge on any atom is 0.0725 e. The monoisotopic (exact) mass is 169 g/mol. The zero-order valence-electron chi connectivity index (χ0n) is 7.88. The van der Waals surface area contributed by atoms with E-state index in [1.54, 1.807) is 0 Å². The van der Waals surface area contributed by atoms with E-state index in [1.165, 1.54) is 19.3 Å². The van der Waals surface area contributed by atoms with Crippen LogP contribution in [0.3, 0.4) is 0 Å². The van der Waals surface area contributed by atoms with Gasteiger partial charge >= 0.3 is 0 Å². The van der Waals surface area contributed by atoms with Crippen molar-refractivity contribution in [3.63, 3.8) is 0 Å². The van der Waals surface area contributed by atoms with Crippen LogP contribution >= 0.6 is 0 Å². The van der Waals surface area contributed by atoms with Crippen LogP contribution < -0.4 is 5.32 Å². The molecule has 1 heterocycles. The molecule has 2 heteroatoms. The van der Waals surface area contributed by atoms with E-state index in [9.17, 15) is 0 Å². The van der Waals surface area contributed by atoms with Crippen LogP contribution in [0.2, 0.25) is 0 Å². The van der Waals surface area contributed by atoms with E-state index in [4.69, 9.17) is 4.74 Å². The average Bonchev–Trinajstić information content (AvgIpc) is 2.16. The summed E-state index contributed by atoms with van der Waals surface area (Å²) in [4.78, 5) is 0. The Bertz CT molecular complexity index is 130. The summed E-state index contributed by atoms with van der Waals surface area (Å²) < 4.78 is 5.55. The second-order valence-electron chi connectivity index (χ2n) is 3.42. The molecule has 0 aromatic carbocycles. The zero-order valence-corrected chi connectivity index (χ0v) is 7.88. The van der Waals surface area contributed by atoms with Gasteiger partial charge in [0.2, 0.25) is 0 Å². The Morgan fingerprint density at radius 3 is 3.08 bits per heavy atom. The van der Waals surface area contributed by atoms with Gasteiger partial charge in [-0.05, 0) is 26.3 Å². The van der Waals surface area contributed by atoms with E-state index in [2.05, 4.69) is 11.9 Å². The highest BCUT2D eigenvalue weighted by Crippen LogP contribution is 2.07. The van der Waals surface area contributed by atoms with E-state index >= 15 is 0 Å². The number of hydrogen-bond donors (Lipinski definition) is 1. The van der Waals surface area contributed by atoms with E-state index in [0.717, 1.165) is 13.2 Å². The molecule has 1 fully saturated rings. The Hall–Kier alpha value is -0.340.